The molecule has 27 heavy (non-hydrogen) atoms. The number of aryl methyl sites for hydroxylation is 1. The van der Waals surface area contributed by atoms with Crippen LogP contribution in [0.1, 0.15) is 55.8 Å². The number of thiazole rings is 1. The molecule has 0 atom stereocenters. The molecule has 7 heteroatoms. The van der Waals surface area contributed by atoms with Crippen LogP contribution in [0.2, 0.25) is 0 Å². The summed E-state index contributed by atoms with van der Waals surface area (Å²) >= 11 is 1.51. The standard InChI is InChI=1S/C20H31N5OS/c1-14(2)11-25-16(4)18(15(3)23-25)10-19(26)22-20-21-17(13-27-20)12-24-8-6-5-7-9-24/h13-14H,5-12H2,1-4H3,(H,21,22,26). The second kappa shape index (κ2) is 8.97. The third-order valence-corrected chi connectivity index (χ3v) is 5.85. The van der Waals surface area contributed by atoms with E-state index in [2.05, 4.69) is 39.5 Å². The van der Waals surface area contributed by atoms with Crippen LogP contribution in [-0.4, -0.2) is 38.7 Å². The fraction of sp³-hybridized carbons (Fsp3) is 0.650. The lowest BCUT2D eigenvalue weighted by atomic mass is 10.1. The highest BCUT2D eigenvalue weighted by molar-refractivity contribution is 7.13. The van der Waals surface area contributed by atoms with E-state index in [1.807, 2.05) is 18.5 Å². The zero-order valence-corrected chi connectivity index (χ0v) is 17.7. The summed E-state index contributed by atoms with van der Waals surface area (Å²) in [4.78, 5) is 19.6. The lowest BCUT2D eigenvalue weighted by Crippen LogP contribution is -2.29. The number of hydrogen-bond acceptors (Lipinski definition) is 5. The van der Waals surface area contributed by atoms with Gasteiger partial charge in [0.2, 0.25) is 5.91 Å². The molecule has 1 amide bonds. The van der Waals surface area contributed by atoms with Gasteiger partial charge in [0.25, 0.3) is 0 Å². The molecule has 3 heterocycles. The zero-order valence-electron chi connectivity index (χ0n) is 16.9. The summed E-state index contributed by atoms with van der Waals surface area (Å²) in [6.45, 7) is 12.4. The quantitative estimate of drug-likeness (QED) is 0.783. The van der Waals surface area contributed by atoms with Gasteiger partial charge in [-0.15, -0.1) is 11.3 Å². The van der Waals surface area contributed by atoms with E-state index in [4.69, 9.17) is 0 Å². The maximum atomic E-state index is 12.5. The average Bonchev–Trinajstić information content (AvgIpc) is 3.15. The number of carbonyl (C=O) groups excluding carboxylic acids is 1. The molecule has 148 valence electrons. The molecular weight excluding hydrogens is 358 g/mol. The maximum Gasteiger partial charge on any atom is 0.230 e. The third kappa shape index (κ3) is 5.39. The first-order valence-corrected chi connectivity index (χ1v) is 10.8. The molecule has 2 aromatic rings. The molecule has 1 N–H and O–H groups in total. The molecule has 0 saturated carbocycles. The minimum absolute atomic E-state index is 0.0239. The first-order chi connectivity index (χ1) is 12.9. The van der Waals surface area contributed by atoms with E-state index < -0.39 is 0 Å². The highest BCUT2D eigenvalue weighted by Gasteiger charge is 2.17. The van der Waals surface area contributed by atoms with Crippen LogP contribution < -0.4 is 5.32 Å². The van der Waals surface area contributed by atoms with Crippen molar-refractivity contribution in [3.05, 3.63) is 28.0 Å². The molecule has 1 aliphatic heterocycles. The third-order valence-electron chi connectivity index (χ3n) is 5.04. The van der Waals surface area contributed by atoms with Crippen LogP contribution in [-0.2, 0) is 24.3 Å². The highest BCUT2D eigenvalue weighted by Crippen LogP contribution is 2.20. The van der Waals surface area contributed by atoms with Crippen molar-refractivity contribution < 1.29 is 4.79 Å². The maximum absolute atomic E-state index is 12.5. The number of nitrogens with zero attached hydrogens (tertiary/aromatic N) is 4. The van der Waals surface area contributed by atoms with Crippen molar-refractivity contribution in [2.75, 3.05) is 18.4 Å². The van der Waals surface area contributed by atoms with Crippen LogP contribution in [0.5, 0.6) is 0 Å². The Bertz CT molecular complexity index is 773. The molecule has 1 fully saturated rings. The lowest BCUT2D eigenvalue weighted by molar-refractivity contribution is -0.115. The molecule has 1 aliphatic rings. The lowest BCUT2D eigenvalue weighted by Gasteiger charge is -2.25. The van der Waals surface area contributed by atoms with Gasteiger partial charge in [-0.05, 0) is 45.7 Å². The summed E-state index contributed by atoms with van der Waals surface area (Å²) in [5, 5.41) is 10.3. The first-order valence-electron chi connectivity index (χ1n) is 9.92. The van der Waals surface area contributed by atoms with E-state index in [0.29, 0.717) is 17.5 Å². The Balaban J connectivity index is 1.57. The van der Waals surface area contributed by atoms with E-state index in [-0.39, 0.29) is 5.91 Å². The number of amides is 1. The minimum Gasteiger partial charge on any atom is -0.302 e. The largest absolute Gasteiger partial charge is 0.302 e. The number of carbonyl (C=O) groups is 1. The molecule has 1 saturated heterocycles. The van der Waals surface area contributed by atoms with E-state index in [0.717, 1.165) is 48.8 Å². The van der Waals surface area contributed by atoms with Crippen molar-refractivity contribution in [2.24, 2.45) is 5.92 Å². The molecule has 6 nitrogen and oxygen atoms in total. The van der Waals surface area contributed by atoms with Crippen molar-refractivity contribution in [2.45, 2.75) is 66.5 Å². The van der Waals surface area contributed by atoms with Crippen molar-refractivity contribution in [1.82, 2.24) is 19.7 Å². The summed E-state index contributed by atoms with van der Waals surface area (Å²) in [6, 6.07) is 0. The first kappa shape index (κ1) is 20.0. The number of aromatic nitrogens is 3. The van der Waals surface area contributed by atoms with E-state index >= 15 is 0 Å². The van der Waals surface area contributed by atoms with Crippen LogP contribution in [0.3, 0.4) is 0 Å². The number of rotatable bonds is 7. The number of hydrogen-bond donors (Lipinski definition) is 1. The van der Waals surface area contributed by atoms with Gasteiger partial charge in [0.1, 0.15) is 0 Å². The Kier molecular flexibility index (Phi) is 6.65. The van der Waals surface area contributed by atoms with Crippen molar-refractivity contribution in [3.63, 3.8) is 0 Å². The van der Waals surface area contributed by atoms with Crippen molar-refractivity contribution in [1.29, 1.82) is 0 Å². The Morgan fingerprint density at radius 1 is 1.26 bits per heavy atom. The molecule has 3 rings (SSSR count). The Morgan fingerprint density at radius 2 is 2.00 bits per heavy atom. The number of likely N-dealkylation sites (tertiary alicyclic amines) is 1. The summed E-state index contributed by atoms with van der Waals surface area (Å²) in [5.41, 5.74) is 4.10. The van der Waals surface area contributed by atoms with Crippen molar-refractivity contribution in [3.8, 4) is 0 Å². The fourth-order valence-electron chi connectivity index (χ4n) is 3.62. The Hall–Kier alpha value is -1.73. The summed E-state index contributed by atoms with van der Waals surface area (Å²) in [5.74, 6) is 0.502. The molecule has 0 aliphatic carbocycles. The Labute approximate surface area is 166 Å². The monoisotopic (exact) mass is 389 g/mol. The van der Waals surface area contributed by atoms with Gasteiger partial charge in [-0.1, -0.05) is 20.3 Å². The predicted octanol–water partition coefficient (Wildman–Crippen LogP) is 3.78. The minimum atomic E-state index is -0.0239. The van der Waals surface area contributed by atoms with E-state index in [1.54, 1.807) is 0 Å². The second-order valence-corrected chi connectivity index (χ2v) is 8.79. The second-order valence-electron chi connectivity index (χ2n) is 7.93. The summed E-state index contributed by atoms with van der Waals surface area (Å²) < 4.78 is 2.02. The Morgan fingerprint density at radius 3 is 2.70 bits per heavy atom. The topological polar surface area (TPSA) is 63.1 Å². The van der Waals surface area contributed by atoms with Gasteiger partial charge < -0.3 is 5.32 Å². The smallest absolute Gasteiger partial charge is 0.230 e. The van der Waals surface area contributed by atoms with Gasteiger partial charge >= 0.3 is 0 Å². The van der Waals surface area contributed by atoms with Gasteiger partial charge in [-0.3, -0.25) is 14.4 Å². The SMILES string of the molecule is Cc1nn(CC(C)C)c(C)c1CC(=O)Nc1nc(CN2CCCCC2)cs1. The number of anilines is 1. The van der Waals surface area contributed by atoms with E-state index in [1.165, 1.54) is 30.6 Å². The van der Waals surface area contributed by atoms with Crippen LogP contribution in [0.4, 0.5) is 5.13 Å². The molecular formula is C20H31N5OS. The van der Waals surface area contributed by atoms with Crippen molar-refractivity contribution >= 4 is 22.4 Å². The number of nitrogens with one attached hydrogen (secondary N) is 1. The molecule has 0 unspecified atom stereocenters. The van der Waals surface area contributed by atoms with Gasteiger partial charge in [0.15, 0.2) is 5.13 Å². The fourth-order valence-corrected chi connectivity index (χ4v) is 4.34. The molecule has 0 aromatic carbocycles. The average molecular weight is 390 g/mol. The number of piperidine rings is 1. The van der Waals surface area contributed by atoms with Crippen LogP contribution in [0, 0.1) is 19.8 Å². The van der Waals surface area contributed by atoms with Crippen LogP contribution in [0.25, 0.3) is 0 Å². The molecule has 0 bridgehead atoms. The molecule has 0 spiro atoms. The van der Waals surface area contributed by atoms with Crippen LogP contribution >= 0.6 is 11.3 Å². The van der Waals surface area contributed by atoms with Gasteiger partial charge in [-0.25, -0.2) is 4.98 Å². The predicted molar refractivity (Wildman–Crippen MR) is 110 cm³/mol. The molecule has 0 radical (unpaired) electrons. The highest BCUT2D eigenvalue weighted by atomic mass is 32.1. The summed E-state index contributed by atoms with van der Waals surface area (Å²) in [7, 11) is 0. The van der Waals surface area contributed by atoms with E-state index in [9.17, 15) is 4.79 Å². The van der Waals surface area contributed by atoms with Crippen LogP contribution in [0.15, 0.2) is 5.38 Å². The van der Waals surface area contributed by atoms with Gasteiger partial charge in [0, 0.05) is 29.7 Å². The normalized spacial score (nSPS) is 15.4. The zero-order chi connectivity index (χ0) is 19.4. The van der Waals surface area contributed by atoms with Gasteiger partial charge in [0.05, 0.1) is 17.8 Å². The summed E-state index contributed by atoms with van der Waals surface area (Å²) in [6.07, 6.45) is 4.23. The van der Waals surface area contributed by atoms with Gasteiger partial charge in [-0.2, -0.15) is 5.10 Å². The molecule has 2 aromatic heterocycles.